The molecule has 0 spiro atoms. The Kier molecular flexibility index (Phi) is 10.7. The molecule has 0 fully saturated rings. The average molecular weight is 343 g/mol. The maximum atomic E-state index is 11.3. The van der Waals surface area contributed by atoms with Crippen LogP contribution >= 0.6 is 0 Å². The minimum Gasteiger partial charge on any atom is -0.463 e. The summed E-state index contributed by atoms with van der Waals surface area (Å²) >= 11 is 0. The van der Waals surface area contributed by atoms with Crippen LogP contribution in [0.1, 0.15) is 73.1 Å². The van der Waals surface area contributed by atoms with Crippen LogP contribution < -0.4 is 0 Å². The summed E-state index contributed by atoms with van der Waals surface area (Å²) in [6.07, 6.45) is 10.4. The van der Waals surface area contributed by atoms with Gasteiger partial charge < -0.3 is 9.16 Å². The van der Waals surface area contributed by atoms with Crippen molar-refractivity contribution in [2.24, 2.45) is 0 Å². The summed E-state index contributed by atoms with van der Waals surface area (Å²) in [5.74, 6) is -0.243. The Morgan fingerprint density at radius 2 is 1.74 bits per heavy atom. The van der Waals surface area contributed by atoms with Crippen molar-refractivity contribution in [1.29, 1.82) is 0 Å². The molecule has 0 unspecified atom stereocenters. The van der Waals surface area contributed by atoms with Gasteiger partial charge in [0.25, 0.3) is 0 Å². The van der Waals surface area contributed by atoms with E-state index in [1.165, 1.54) is 12.8 Å². The van der Waals surface area contributed by atoms with Crippen LogP contribution in [0.3, 0.4) is 0 Å². The van der Waals surface area contributed by atoms with Crippen LogP contribution in [0.15, 0.2) is 12.2 Å². The predicted octanol–water partition coefficient (Wildman–Crippen LogP) is 5.86. The molecule has 1 atom stereocenters. The number of hydrogen-bond donors (Lipinski definition) is 0. The first-order valence-electron chi connectivity index (χ1n) is 9.15. The Labute approximate surface area is 145 Å². The molecule has 0 saturated carbocycles. The van der Waals surface area contributed by atoms with Crippen molar-refractivity contribution < 1.29 is 14.0 Å². The largest absolute Gasteiger partial charge is 0.463 e. The number of rotatable bonds is 11. The van der Waals surface area contributed by atoms with E-state index in [0.717, 1.165) is 25.7 Å². The molecule has 23 heavy (non-hydrogen) atoms. The van der Waals surface area contributed by atoms with Gasteiger partial charge in [-0.25, -0.2) is 4.79 Å². The molecule has 136 valence electrons. The maximum absolute atomic E-state index is 11.3. The minimum atomic E-state index is -1.71. The quantitative estimate of drug-likeness (QED) is 0.204. The Bertz CT molecular complexity index is 356. The van der Waals surface area contributed by atoms with Crippen molar-refractivity contribution in [3.63, 3.8) is 0 Å². The zero-order valence-corrected chi connectivity index (χ0v) is 17.4. The van der Waals surface area contributed by atoms with Crippen molar-refractivity contribution >= 4 is 14.3 Å². The van der Waals surface area contributed by atoms with E-state index < -0.39 is 8.32 Å². The van der Waals surface area contributed by atoms with Crippen molar-refractivity contribution in [3.8, 4) is 0 Å². The summed E-state index contributed by atoms with van der Waals surface area (Å²) in [6, 6.07) is 0. The minimum absolute atomic E-state index is 0.243. The molecule has 0 aromatic carbocycles. The van der Waals surface area contributed by atoms with Crippen LogP contribution in [0.4, 0.5) is 0 Å². The lowest BCUT2D eigenvalue weighted by Gasteiger charge is -2.39. The van der Waals surface area contributed by atoms with Crippen molar-refractivity contribution in [3.05, 3.63) is 12.2 Å². The summed E-state index contributed by atoms with van der Waals surface area (Å²) in [5.41, 5.74) is 0. The molecule has 0 aromatic heterocycles. The fourth-order valence-electron chi connectivity index (χ4n) is 2.12. The molecule has 0 aromatic rings. The van der Waals surface area contributed by atoms with Gasteiger partial charge in [-0.1, -0.05) is 46.6 Å². The van der Waals surface area contributed by atoms with E-state index in [9.17, 15) is 4.79 Å². The third-order valence-corrected chi connectivity index (χ3v) is 9.12. The predicted molar refractivity (Wildman–Crippen MR) is 101 cm³/mol. The molecule has 3 nitrogen and oxygen atoms in total. The molecule has 4 heteroatoms. The van der Waals surface area contributed by atoms with Crippen LogP contribution in [0.5, 0.6) is 0 Å². The van der Waals surface area contributed by atoms with Crippen LogP contribution in [-0.4, -0.2) is 27.0 Å². The van der Waals surface area contributed by atoms with Gasteiger partial charge in [-0.2, -0.15) is 0 Å². The van der Waals surface area contributed by atoms with E-state index in [4.69, 9.17) is 9.16 Å². The van der Waals surface area contributed by atoms with Crippen molar-refractivity contribution in [2.75, 3.05) is 6.61 Å². The van der Waals surface area contributed by atoms with Crippen LogP contribution in [0, 0.1) is 0 Å². The van der Waals surface area contributed by atoms with Gasteiger partial charge in [0, 0.05) is 12.2 Å². The maximum Gasteiger partial charge on any atom is 0.330 e. The first-order chi connectivity index (χ1) is 10.6. The van der Waals surface area contributed by atoms with Gasteiger partial charge in [-0.05, 0) is 50.7 Å². The third kappa shape index (κ3) is 9.98. The van der Waals surface area contributed by atoms with E-state index in [2.05, 4.69) is 40.8 Å². The van der Waals surface area contributed by atoms with Crippen LogP contribution in [0.25, 0.3) is 0 Å². The molecule has 0 radical (unpaired) electrons. The monoisotopic (exact) mass is 342 g/mol. The number of allylic oxidation sites excluding steroid dienone is 1. The van der Waals surface area contributed by atoms with Gasteiger partial charge >= 0.3 is 5.97 Å². The fourth-order valence-corrected chi connectivity index (χ4v) is 3.54. The zero-order chi connectivity index (χ0) is 17.9. The average Bonchev–Trinajstić information content (AvgIpc) is 2.42. The molecule has 0 aliphatic carbocycles. The summed E-state index contributed by atoms with van der Waals surface area (Å²) < 4.78 is 11.5. The van der Waals surface area contributed by atoms with Crippen molar-refractivity contribution in [1.82, 2.24) is 0 Å². The van der Waals surface area contributed by atoms with Gasteiger partial charge in [-0.3, -0.25) is 0 Å². The topological polar surface area (TPSA) is 35.5 Å². The van der Waals surface area contributed by atoms with E-state index in [0.29, 0.717) is 12.7 Å². The molecule has 0 bridgehead atoms. The zero-order valence-electron chi connectivity index (χ0n) is 16.4. The lowest BCUT2D eigenvalue weighted by Crippen LogP contribution is -2.44. The molecule has 0 N–H and O–H groups in total. The van der Waals surface area contributed by atoms with Gasteiger partial charge in [0.1, 0.15) is 0 Å². The number of carbonyl (C=O) groups is 1. The first-order valence-corrected chi connectivity index (χ1v) is 12.1. The fraction of sp³-hybridized carbons (Fsp3) is 0.842. The van der Waals surface area contributed by atoms with E-state index in [1.807, 2.05) is 13.0 Å². The van der Waals surface area contributed by atoms with Gasteiger partial charge in [0.2, 0.25) is 0 Å². The highest BCUT2D eigenvalue weighted by Gasteiger charge is 2.38. The smallest absolute Gasteiger partial charge is 0.330 e. The summed E-state index contributed by atoms with van der Waals surface area (Å²) in [7, 11) is -1.71. The number of esters is 1. The molecular formula is C19H38O3Si. The molecule has 0 aliphatic heterocycles. The summed E-state index contributed by atoms with van der Waals surface area (Å²) in [4.78, 5) is 11.3. The van der Waals surface area contributed by atoms with Gasteiger partial charge in [-0.15, -0.1) is 0 Å². The second-order valence-electron chi connectivity index (χ2n) is 7.73. The van der Waals surface area contributed by atoms with Gasteiger partial charge in [0.05, 0.1) is 6.61 Å². The van der Waals surface area contributed by atoms with Crippen molar-refractivity contribution in [2.45, 2.75) is 97.4 Å². The summed E-state index contributed by atoms with van der Waals surface area (Å²) in [5, 5.41) is 0.251. The second kappa shape index (κ2) is 11.0. The van der Waals surface area contributed by atoms with Crippen LogP contribution in [-0.2, 0) is 14.0 Å². The SMILES string of the molecule is CCCC[C@@H](CCC/C=C/C(=O)OCC)O[Si](C)(C)C(C)(C)C. The highest BCUT2D eigenvalue weighted by molar-refractivity contribution is 6.74. The molecule has 0 aliphatic rings. The normalized spacial score (nSPS) is 14.2. The van der Waals surface area contributed by atoms with E-state index >= 15 is 0 Å². The molecular weight excluding hydrogens is 304 g/mol. The Balaban J connectivity index is 4.38. The lowest BCUT2D eigenvalue weighted by molar-refractivity contribution is -0.137. The van der Waals surface area contributed by atoms with E-state index in [-0.39, 0.29) is 11.0 Å². The molecule has 0 saturated heterocycles. The molecule has 0 heterocycles. The second-order valence-corrected chi connectivity index (χ2v) is 12.5. The Hall–Kier alpha value is -0.613. The highest BCUT2D eigenvalue weighted by atomic mass is 28.4. The number of ether oxygens (including phenoxy) is 1. The summed E-state index contributed by atoms with van der Waals surface area (Å²) in [6.45, 7) is 16.0. The number of carbonyl (C=O) groups excluding carboxylic acids is 1. The van der Waals surface area contributed by atoms with Gasteiger partial charge in [0.15, 0.2) is 8.32 Å². The standard InChI is InChI=1S/C19H38O3Si/c1-8-10-14-17(22-23(6,7)19(3,4)5)15-12-11-13-16-18(20)21-9-2/h13,16-17H,8-12,14-15H2,1-7H3/b16-13+/t17-/m0/s1. The Morgan fingerprint density at radius 3 is 2.26 bits per heavy atom. The number of hydrogen-bond acceptors (Lipinski definition) is 3. The molecule has 0 rings (SSSR count). The lowest BCUT2D eigenvalue weighted by atomic mass is 10.1. The third-order valence-electron chi connectivity index (χ3n) is 4.58. The first kappa shape index (κ1) is 22.4. The molecule has 0 amide bonds. The van der Waals surface area contributed by atoms with Crippen LogP contribution in [0.2, 0.25) is 18.1 Å². The van der Waals surface area contributed by atoms with E-state index in [1.54, 1.807) is 6.08 Å². The number of unbranched alkanes of at least 4 members (excludes halogenated alkanes) is 2. The highest BCUT2D eigenvalue weighted by Crippen LogP contribution is 2.38. The Morgan fingerprint density at radius 1 is 1.13 bits per heavy atom.